The van der Waals surface area contributed by atoms with Gasteiger partial charge in [-0.3, -0.25) is 4.79 Å². The van der Waals surface area contributed by atoms with Gasteiger partial charge in [-0.2, -0.15) is 5.10 Å². The summed E-state index contributed by atoms with van der Waals surface area (Å²) in [6.45, 7) is 6.14. The van der Waals surface area contributed by atoms with Crippen molar-refractivity contribution in [2.75, 3.05) is 7.05 Å². The van der Waals surface area contributed by atoms with E-state index in [1.165, 1.54) is 0 Å². The first-order chi connectivity index (χ1) is 10.1. The molecule has 2 aromatic heterocycles. The summed E-state index contributed by atoms with van der Waals surface area (Å²) in [5.74, 6) is 0.673. The van der Waals surface area contributed by atoms with Crippen molar-refractivity contribution >= 4 is 12.0 Å². The Labute approximate surface area is 123 Å². The Balaban J connectivity index is 2.22. The largest absolute Gasteiger partial charge is 0.336 e. The van der Waals surface area contributed by atoms with Gasteiger partial charge >= 0.3 is 0 Å². The SMILES string of the molecule is C=C/C=C\c1cc2c(nc1C)-n1nccc1C(=O)N(C)C2. The van der Waals surface area contributed by atoms with Crippen molar-refractivity contribution in [1.82, 2.24) is 19.7 Å². The van der Waals surface area contributed by atoms with Gasteiger partial charge in [0.25, 0.3) is 5.91 Å². The molecule has 0 fully saturated rings. The van der Waals surface area contributed by atoms with Crippen LogP contribution in [-0.4, -0.2) is 32.6 Å². The van der Waals surface area contributed by atoms with Crippen molar-refractivity contribution < 1.29 is 4.79 Å². The zero-order chi connectivity index (χ0) is 15.0. The third kappa shape index (κ3) is 2.16. The fourth-order valence-corrected chi connectivity index (χ4v) is 2.45. The summed E-state index contributed by atoms with van der Waals surface area (Å²) < 4.78 is 1.62. The van der Waals surface area contributed by atoms with E-state index >= 15 is 0 Å². The zero-order valence-electron chi connectivity index (χ0n) is 12.1. The van der Waals surface area contributed by atoms with Gasteiger partial charge in [-0.05, 0) is 24.6 Å². The molecule has 0 spiro atoms. The Morgan fingerprint density at radius 2 is 2.24 bits per heavy atom. The number of hydrogen-bond acceptors (Lipinski definition) is 3. The second-order valence-corrected chi connectivity index (χ2v) is 5.03. The number of nitrogens with zero attached hydrogens (tertiary/aromatic N) is 4. The lowest BCUT2D eigenvalue weighted by atomic mass is 10.1. The van der Waals surface area contributed by atoms with Crippen LogP contribution in [0.2, 0.25) is 0 Å². The van der Waals surface area contributed by atoms with Crippen molar-refractivity contribution in [2.45, 2.75) is 13.5 Å². The Morgan fingerprint density at radius 3 is 3.00 bits per heavy atom. The molecule has 0 radical (unpaired) electrons. The quantitative estimate of drug-likeness (QED) is 0.793. The molecule has 106 valence electrons. The van der Waals surface area contributed by atoms with Gasteiger partial charge in [0.05, 0.1) is 6.20 Å². The molecule has 2 aromatic rings. The van der Waals surface area contributed by atoms with E-state index < -0.39 is 0 Å². The van der Waals surface area contributed by atoms with Gasteiger partial charge in [0.15, 0.2) is 5.82 Å². The minimum atomic E-state index is -0.0497. The molecule has 0 bridgehead atoms. The molecule has 3 rings (SSSR count). The molecule has 5 heteroatoms. The maximum Gasteiger partial charge on any atom is 0.272 e. The van der Waals surface area contributed by atoms with E-state index in [1.54, 1.807) is 35.0 Å². The van der Waals surface area contributed by atoms with E-state index in [0.29, 0.717) is 12.2 Å². The molecule has 0 unspecified atom stereocenters. The molecule has 0 aliphatic carbocycles. The number of carbonyl (C=O) groups is 1. The van der Waals surface area contributed by atoms with Gasteiger partial charge < -0.3 is 4.90 Å². The third-order valence-electron chi connectivity index (χ3n) is 3.54. The van der Waals surface area contributed by atoms with Crippen LogP contribution in [0.25, 0.3) is 11.9 Å². The Bertz CT molecular complexity index is 758. The maximum absolute atomic E-state index is 12.3. The molecular weight excluding hydrogens is 264 g/mol. The number of fused-ring (bicyclic) bond motifs is 3. The van der Waals surface area contributed by atoms with Gasteiger partial charge in [0, 0.05) is 24.8 Å². The van der Waals surface area contributed by atoms with Crippen LogP contribution in [0.5, 0.6) is 0 Å². The van der Waals surface area contributed by atoms with Gasteiger partial charge in [-0.25, -0.2) is 9.67 Å². The van der Waals surface area contributed by atoms with Crippen LogP contribution in [0.1, 0.15) is 27.3 Å². The van der Waals surface area contributed by atoms with E-state index in [1.807, 2.05) is 19.1 Å². The average molecular weight is 280 g/mol. The van der Waals surface area contributed by atoms with Crippen molar-refractivity contribution in [1.29, 1.82) is 0 Å². The van der Waals surface area contributed by atoms with E-state index in [9.17, 15) is 4.79 Å². The molecule has 0 saturated heterocycles. The molecule has 1 aliphatic heterocycles. The van der Waals surface area contributed by atoms with Crippen LogP contribution < -0.4 is 0 Å². The second kappa shape index (κ2) is 5.01. The number of aryl methyl sites for hydroxylation is 1. The average Bonchev–Trinajstić information content (AvgIpc) is 2.92. The first-order valence-electron chi connectivity index (χ1n) is 6.71. The highest BCUT2D eigenvalue weighted by Gasteiger charge is 2.25. The number of allylic oxidation sites excluding steroid dienone is 2. The molecule has 5 nitrogen and oxygen atoms in total. The predicted octanol–water partition coefficient (Wildman–Crippen LogP) is 2.36. The summed E-state index contributed by atoms with van der Waals surface area (Å²) in [5, 5.41) is 4.25. The first-order valence-corrected chi connectivity index (χ1v) is 6.71. The second-order valence-electron chi connectivity index (χ2n) is 5.03. The lowest BCUT2D eigenvalue weighted by Crippen LogP contribution is -2.25. The van der Waals surface area contributed by atoms with Crippen molar-refractivity contribution in [3.05, 3.63) is 59.6 Å². The smallest absolute Gasteiger partial charge is 0.272 e. The van der Waals surface area contributed by atoms with Crippen molar-refractivity contribution in [2.24, 2.45) is 0 Å². The van der Waals surface area contributed by atoms with Crippen LogP contribution in [0.15, 0.2) is 37.1 Å². The summed E-state index contributed by atoms with van der Waals surface area (Å²) in [6.07, 6.45) is 7.19. The van der Waals surface area contributed by atoms with Gasteiger partial charge in [-0.1, -0.05) is 24.8 Å². The zero-order valence-corrected chi connectivity index (χ0v) is 12.1. The molecule has 0 aromatic carbocycles. The number of hydrogen-bond donors (Lipinski definition) is 0. The topological polar surface area (TPSA) is 51.0 Å². The highest BCUT2D eigenvalue weighted by Crippen LogP contribution is 2.24. The third-order valence-corrected chi connectivity index (χ3v) is 3.54. The molecule has 0 atom stereocenters. The Kier molecular flexibility index (Phi) is 3.17. The Morgan fingerprint density at radius 1 is 1.43 bits per heavy atom. The van der Waals surface area contributed by atoms with Crippen LogP contribution in [0.4, 0.5) is 0 Å². The van der Waals surface area contributed by atoms with E-state index in [4.69, 9.17) is 0 Å². The van der Waals surface area contributed by atoms with Crippen LogP contribution in [0, 0.1) is 6.92 Å². The van der Waals surface area contributed by atoms with Gasteiger partial charge in [-0.15, -0.1) is 0 Å². The summed E-state index contributed by atoms with van der Waals surface area (Å²) >= 11 is 0. The summed E-state index contributed by atoms with van der Waals surface area (Å²) in [7, 11) is 1.79. The van der Waals surface area contributed by atoms with E-state index in [2.05, 4.69) is 22.7 Å². The number of aromatic nitrogens is 3. The highest BCUT2D eigenvalue weighted by molar-refractivity contribution is 5.93. The van der Waals surface area contributed by atoms with E-state index in [-0.39, 0.29) is 5.91 Å². The predicted molar refractivity (Wildman–Crippen MR) is 81.1 cm³/mol. The number of amides is 1. The van der Waals surface area contributed by atoms with Crippen molar-refractivity contribution in [3.8, 4) is 5.82 Å². The standard InChI is InChI=1S/C16H16N4O/c1-4-5-6-12-9-13-10-19(3)16(21)14-7-8-17-20(14)15(13)18-11(12)2/h4-9H,1,10H2,2-3H3/b6-5-. The minimum Gasteiger partial charge on any atom is -0.336 e. The monoisotopic (exact) mass is 280 g/mol. The fourth-order valence-electron chi connectivity index (χ4n) is 2.45. The fraction of sp³-hybridized carbons (Fsp3) is 0.188. The van der Waals surface area contributed by atoms with Crippen LogP contribution in [0.3, 0.4) is 0 Å². The number of pyridine rings is 1. The highest BCUT2D eigenvalue weighted by atomic mass is 16.2. The van der Waals surface area contributed by atoms with Crippen molar-refractivity contribution in [3.63, 3.8) is 0 Å². The number of rotatable bonds is 2. The Hall–Kier alpha value is -2.69. The summed E-state index contributed by atoms with van der Waals surface area (Å²) in [5.41, 5.74) is 3.43. The summed E-state index contributed by atoms with van der Waals surface area (Å²) in [6, 6.07) is 3.77. The van der Waals surface area contributed by atoms with Crippen LogP contribution in [-0.2, 0) is 6.54 Å². The van der Waals surface area contributed by atoms with Gasteiger partial charge in [0.1, 0.15) is 5.69 Å². The summed E-state index contributed by atoms with van der Waals surface area (Å²) in [4.78, 5) is 18.6. The van der Waals surface area contributed by atoms with E-state index in [0.717, 1.165) is 22.6 Å². The molecular formula is C16H16N4O. The molecule has 1 amide bonds. The molecule has 0 N–H and O–H groups in total. The lowest BCUT2D eigenvalue weighted by molar-refractivity contribution is 0.0781. The molecule has 1 aliphatic rings. The van der Waals surface area contributed by atoms with Crippen LogP contribution >= 0.6 is 0 Å². The normalized spacial score (nSPS) is 14.0. The molecule has 21 heavy (non-hydrogen) atoms. The van der Waals surface area contributed by atoms with Gasteiger partial charge in [0.2, 0.25) is 0 Å². The molecule has 3 heterocycles. The number of carbonyl (C=O) groups excluding carboxylic acids is 1. The minimum absolute atomic E-state index is 0.0497. The maximum atomic E-state index is 12.3. The molecule has 0 saturated carbocycles. The lowest BCUT2D eigenvalue weighted by Gasteiger charge is -2.14. The first kappa shape index (κ1) is 13.3.